The number of carbonyl (C=O) groups excluding carboxylic acids is 1. The van der Waals surface area contributed by atoms with E-state index in [1.54, 1.807) is 7.11 Å². The van der Waals surface area contributed by atoms with Crippen molar-refractivity contribution in [2.75, 3.05) is 33.4 Å². The summed E-state index contributed by atoms with van der Waals surface area (Å²) in [5.74, 6) is 0.0233. The lowest BCUT2D eigenvalue weighted by Crippen LogP contribution is -2.48. The lowest BCUT2D eigenvalue weighted by atomic mass is 10.2. The number of rotatable bonds is 6. The van der Waals surface area contributed by atoms with Crippen LogP contribution in [0.5, 0.6) is 0 Å². The molecule has 0 spiro atoms. The number of amides is 1. The lowest BCUT2D eigenvalue weighted by molar-refractivity contribution is -0.122. The molecule has 0 aromatic rings. The highest BCUT2D eigenvalue weighted by Crippen LogP contribution is 2.05. The van der Waals surface area contributed by atoms with E-state index in [1.165, 1.54) is 19.3 Å². The van der Waals surface area contributed by atoms with E-state index in [-0.39, 0.29) is 11.9 Å². The standard InChI is InChI=1S/C11H23N3O2/c1-10(9-16-2)13-11(15)8-12-14-6-4-3-5-7-14/h10,12H,3-9H2,1-2H3,(H,13,15). The van der Waals surface area contributed by atoms with Gasteiger partial charge >= 0.3 is 0 Å². The molecular weight excluding hydrogens is 206 g/mol. The van der Waals surface area contributed by atoms with E-state index >= 15 is 0 Å². The Hall–Kier alpha value is -0.650. The number of nitrogens with zero attached hydrogens (tertiary/aromatic N) is 1. The Balaban J connectivity index is 2.09. The van der Waals surface area contributed by atoms with Crippen LogP contribution in [-0.4, -0.2) is 50.3 Å². The van der Waals surface area contributed by atoms with Gasteiger partial charge in [-0.15, -0.1) is 0 Å². The summed E-state index contributed by atoms with van der Waals surface area (Å²) in [6.45, 7) is 4.92. The molecule has 1 atom stereocenters. The number of ether oxygens (including phenoxy) is 1. The first-order valence-electron chi connectivity index (χ1n) is 5.99. The minimum absolute atomic E-state index is 0.0233. The Bertz CT molecular complexity index is 205. The average molecular weight is 229 g/mol. The maximum atomic E-state index is 11.5. The number of methoxy groups -OCH3 is 1. The van der Waals surface area contributed by atoms with Gasteiger partial charge in [0.2, 0.25) is 5.91 Å². The highest BCUT2D eigenvalue weighted by atomic mass is 16.5. The van der Waals surface area contributed by atoms with Gasteiger partial charge in [-0.25, -0.2) is 10.4 Å². The number of carbonyl (C=O) groups is 1. The number of hydrazine groups is 1. The van der Waals surface area contributed by atoms with Gasteiger partial charge in [0.05, 0.1) is 13.2 Å². The minimum atomic E-state index is 0.0233. The molecule has 1 aliphatic rings. The molecule has 0 aliphatic carbocycles. The molecule has 1 aliphatic heterocycles. The van der Waals surface area contributed by atoms with Crippen LogP contribution in [0.3, 0.4) is 0 Å². The van der Waals surface area contributed by atoms with E-state index in [2.05, 4.69) is 15.8 Å². The van der Waals surface area contributed by atoms with Crippen LogP contribution in [0.4, 0.5) is 0 Å². The van der Waals surface area contributed by atoms with Gasteiger partial charge in [0.1, 0.15) is 0 Å². The molecule has 1 rings (SSSR count). The summed E-state index contributed by atoms with van der Waals surface area (Å²) in [6.07, 6.45) is 3.73. The quantitative estimate of drug-likeness (QED) is 0.680. The largest absolute Gasteiger partial charge is 0.383 e. The van der Waals surface area contributed by atoms with Crippen molar-refractivity contribution in [3.63, 3.8) is 0 Å². The van der Waals surface area contributed by atoms with Gasteiger partial charge in [0.25, 0.3) is 0 Å². The van der Waals surface area contributed by atoms with Gasteiger partial charge in [0, 0.05) is 26.2 Å². The van der Waals surface area contributed by atoms with Crippen molar-refractivity contribution in [1.29, 1.82) is 0 Å². The Morgan fingerprint density at radius 3 is 2.69 bits per heavy atom. The maximum absolute atomic E-state index is 11.5. The van der Waals surface area contributed by atoms with Crippen LogP contribution >= 0.6 is 0 Å². The van der Waals surface area contributed by atoms with Crippen LogP contribution in [0.25, 0.3) is 0 Å². The molecule has 5 nitrogen and oxygen atoms in total. The number of hydrogen-bond donors (Lipinski definition) is 2. The molecule has 0 aromatic heterocycles. The van der Waals surface area contributed by atoms with Crippen LogP contribution in [-0.2, 0) is 9.53 Å². The highest BCUT2D eigenvalue weighted by molar-refractivity contribution is 5.78. The topological polar surface area (TPSA) is 53.6 Å². The second kappa shape index (κ2) is 7.60. The zero-order valence-corrected chi connectivity index (χ0v) is 10.3. The molecule has 0 aromatic carbocycles. The van der Waals surface area contributed by atoms with E-state index in [9.17, 15) is 4.79 Å². The SMILES string of the molecule is COCC(C)NC(=O)CNN1CCCCC1. The van der Waals surface area contributed by atoms with Gasteiger partial charge < -0.3 is 10.1 Å². The van der Waals surface area contributed by atoms with Crippen molar-refractivity contribution < 1.29 is 9.53 Å². The number of piperidine rings is 1. The van der Waals surface area contributed by atoms with Crippen molar-refractivity contribution in [2.24, 2.45) is 0 Å². The van der Waals surface area contributed by atoms with Crippen molar-refractivity contribution in [1.82, 2.24) is 15.8 Å². The average Bonchev–Trinajstić information content (AvgIpc) is 2.28. The molecule has 0 radical (unpaired) electrons. The molecule has 0 saturated carbocycles. The monoisotopic (exact) mass is 229 g/mol. The summed E-state index contributed by atoms with van der Waals surface area (Å²) in [5.41, 5.74) is 3.15. The molecule has 16 heavy (non-hydrogen) atoms. The molecule has 1 saturated heterocycles. The molecule has 2 N–H and O–H groups in total. The summed E-state index contributed by atoms with van der Waals surface area (Å²) in [7, 11) is 1.63. The predicted octanol–water partition coefficient (Wildman–Crippen LogP) is 0.128. The van der Waals surface area contributed by atoms with Gasteiger partial charge in [-0.3, -0.25) is 4.79 Å². The third kappa shape index (κ3) is 5.44. The van der Waals surface area contributed by atoms with Crippen molar-refractivity contribution in [2.45, 2.75) is 32.2 Å². The first kappa shape index (κ1) is 13.4. The fourth-order valence-electron chi connectivity index (χ4n) is 1.85. The molecule has 1 amide bonds. The van der Waals surface area contributed by atoms with Gasteiger partial charge in [-0.1, -0.05) is 6.42 Å². The summed E-state index contributed by atoms with van der Waals surface area (Å²) in [6, 6.07) is 0.0701. The summed E-state index contributed by atoms with van der Waals surface area (Å²) < 4.78 is 4.95. The maximum Gasteiger partial charge on any atom is 0.235 e. The summed E-state index contributed by atoms with van der Waals surface area (Å²) in [4.78, 5) is 11.5. The second-order valence-corrected chi connectivity index (χ2v) is 4.31. The zero-order valence-electron chi connectivity index (χ0n) is 10.3. The fraction of sp³-hybridized carbons (Fsp3) is 0.909. The highest BCUT2D eigenvalue weighted by Gasteiger charge is 2.11. The number of nitrogens with one attached hydrogen (secondary N) is 2. The zero-order chi connectivity index (χ0) is 11.8. The van der Waals surface area contributed by atoms with Crippen molar-refractivity contribution in [3.8, 4) is 0 Å². The summed E-state index contributed by atoms with van der Waals surface area (Å²) >= 11 is 0. The molecule has 5 heteroatoms. The van der Waals surface area contributed by atoms with Gasteiger partial charge in [-0.2, -0.15) is 0 Å². The van der Waals surface area contributed by atoms with Crippen LogP contribution in [0.2, 0.25) is 0 Å². The van der Waals surface area contributed by atoms with E-state index in [0.717, 1.165) is 13.1 Å². The van der Waals surface area contributed by atoms with E-state index in [4.69, 9.17) is 4.74 Å². The normalized spacial score (nSPS) is 19.4. The third-order valence-corrected chi connectivity index (χ3v) is 2.64. The molecule has 1 heterocycles. The molecule has 94 valence electrons. The van der Waals surface area contributed by atoms with Crippen LogP contribution < -0.4 is 10.7 Å². The van der Waals surface area contributed by atoms with Crippen LogP contribution in [0.1, 0.15) is 26.2 Å². The Labute approximate surface area is 97.5 Å². The van der Waals surface area contributed by atoms with Crippen molar-refractivity contribution >= 4 is 5.91 Å². The second-order valence-electron chi connectivity index (χ2n) is 4.31. The molecular formula is C11H23N3O2. The van der Waals surface area contributed by atoms with E-state index in [1.807, 2.05) is 6.92 Å². The molecule has 1 fully saturated rings. The smallest absolute Gasteiger partial charge is 0.235 e. The van der Waals surface area contributed by atoms with E-state index in [0.29, 0.717) is 13.2 Å². The van der Waals surface area contributed by atoms with Crippen molar-refractivity contribution in [3.05, 3.63) is 0 Å². The van der Waals surface area contributed by atoms with Gasteiger partial charge in [0.15, 0.2) is 0 Å². The molecule has 1 unspecified atom stereocenters. The first-order valence-corrected chi connectivity index (χ1v) is 5.99. The molecule has 0 bridgehead atoms. The van der Waals surface area contributed by atoms with Crippen LogP contribution in [0.15, 0.2) is 0 Å². The Morgan fingerprint density at radius 2 is 2.06 bits per heavy atom. The Morgan fingerprint density at radius 1 is 1.38 bits per heavy atom. The Kier molecular flexibility index (Phi) is 6.37. The summed E-state index contributed by atoms with van der Waals surface area (Å²) in [5, 5.41) is 5.00. The third-order valence-electron chi connectivity index (χ3n) is 2.64. The fourth-order valence-corrected chi connectivity index (χ4v) is 1.85. The minimum Gasteiger partial charge on any atom is -0.383 e. The van der Waals surface area contributed by atoms with E-state index < -0.39 is 0 Å². The predicted molar refractivity (Wildman–Crippen MR) is 62.9 cm³/mol. The first-order chi connectivity index (χ1) is 7.72. The number of hydrogen-bond acceptors (Lipinski definition) is 4. The van der Waals surface area contributed by atoms with Gasteiger partial charge in [-0.05, 0) is 19.8 Å². The lowest BCUT2D eigenvalue weighted by Gasteiger charge is -2.27. The van der Waals surface area contributed by atoms with Crippen LogP contribution in [0, 0.1) is 0 Å².